The predicted octanol–water partition coefficient (Wildman–Crippen LogP) is 3.49. The molecule has 4 rings (SSSR count). The van der Waals surface area contributed by atoms with Crippen molar-refractivity contribution in [3.05, 3.63) is 35.4 Å². The van der Waals surface area contributed by atoms with Gasteiger partial charge in [0.05, 0.1) is 11.7 Å². The van der Waals surface area contributed by atoms with E-state index in [4.69, 9.17) is 5.11 Å². The second kappa shape index (κ2) is 9.06. The summed E-state index contributed by atoms with van der Waals surface area (Å²) in [7, 11) is 0. The summed E-state index contributed by atoms with van der Waals surface area (Å²) in [6.45, 7) is 2.17. The molecule has 1 unspecified atom stereocenters. The number of benzene rings is 1. The smallest absolute Gasteiger partial charge is 0.335 e. The van der Waals surface area contributed by atoms with E-state index in [0.717, 1.165) is 37.4 Å². The van der Waals surface area contributed by atoms with Crippen molar-refractivity contribution in [2.24, 2.45) is 11.3 Å². The third-order valence-corrected chi connectivity index (χ3v) is 7.37. The van der Waals surface area contributed by atoms with Gasteiger partial charge in [-0.2, -0.15) is 0 Å². The van der Waals surface area contributed by atoms with Crippen LogP contribution in [0.5, 0.6) is 0 Å². The van der Waals surface area contributed by atoms with Crippen molar-refractivity contribution >= 4 is 11.9 Å². The molecular formula is C24H34N2O4. The summed E-state index contributed by atoms with van der Waals surface area (Å²) in [5, 5.41) is 23.8. The molecule has 1 saturated heterocycles. The number of nitrogens with zero attached hydrogens (tertiary/aromatic N) is 2. The second-order valence-corrected chi connectivity index (χ2v) is 9.49. The molecule has 0 bridgehead atoms. The SMILES string of the molecule is O=C(O)c1ccc(CCN2C(=O)CCN2CCCC(O)C2(CC3CC3)CCC2)cc1. The second-order valence-electron chi connectivity index (χ2n) is 9.49. The van der Waals surface area contributed by atoms with Crippen molar-refractivity contribution < 1.29 is 19.8 Å². The van der Waals surface area contributed by atoms with E-state index in [1.54, 1.807) is 12.1 Å². The number of carboxylic acids is 1. The maximum Gasteiger partial charge on any atom is 0.335 e. The Balaban J connectivity index is 1.24. The van der Waals surface area contributed by atoms with Crippen LogP contribution in [0.4, 0.5) is 0 Å². The number of aliphatic hydroxyl groups is 1. The lowest BCUT2D eigenvalue weighted by Crippen LogP contribution is -2.43. The summed E-state index contributed by atoms with van der Waals surface area (Å²) < 4.78 is 0. The van der Waals surface area contributed by atoms with Gasteiger partial charge in [0.15, 0.2) is 0 Å². The quantitative estimate of drug-likeness (QED) is 0.579. The Hall–Kier alpha value is -1.92. The van der Waals surface area contributed by atoms with Crippen molar-refractivity contribution in [1.82, 2.24) is 10.0 Å². The minimum absolute atomic E-state index is 0.155. The molecule has 6 heteroatoms. The lowest BCUT2D eigenvalue weighted by molar-refractivity contribution is -0.138. The minimum atomic E-state index is -0.926. The fraction of sp³-hybridized carbons (Fsp3) is 0.667. The van der Waals surface area contributed by atoms with Gasteiger partial charge in [-0.3, -0.25) is 9.80 Å². The number of carbonyl (C=O) groups is 2. The molecule has 1 aliphatic heterocycles. The molecule has 1 aromatic rings. The molecule has 3 aliphatic rings. The van der Waals surface area contributed by atoms with E-state index in [1.807, 2.05) is 17.1 Å². The highest BCUT2D eigenvalue weighted by Crippen LogP contribution is 2.53. The monoisotopic (exact) mass is 414 g/mol. The topological polar surface area (TPSA) is 81.1 Å². The number of carboxylic acid groups (broad SMARTS) is 1. The molecule has 1 atom stereocenters. The summed E-state index contributed by atoms with van der Waals surface area (Å²) in [4.78, 5) is 23.3. The van der Waals surface area contributed by atoms with Gasteiger partial charge in [0.1, 0.15) is 0 Å². The molecular weight excluding hydrogens is 380 g/mol. The van der Waals surface area contributed by atoms with Crippen molar-refractivity contribution in [3.63, 3.8) is 0 Å². The van der Waals surface area contributed by atoms with E-state index in [1.165, 1.54) is 38.5 Å². The van der Waals surface area contributed by atoms with Crippen LogP contribution in [0.25, 0.3) is 0 Å². The Morgan fingerprint density at radius 1 is 1.17 bits per heavy atom. The van der Waals surface area contributed by atoms with E-state index in [2.05, 4.69) is 5.01 Å². The van der Waals surface area contributed by atoms with Crippen molar-refractivity contribution in [2.75, 3.05) is 19.6 Å². The van der Waals surface area contributed by atoms with Crippen LogP contribution in [0, 0.1) is 11.3 Å². The van der Waals surface area contributed by atoms with Crippen LogP contribution in [-0.4, -0.2) is 57.8 Å². The Bertz CT molecular complexity index is 755. The number of amides is 1. The zero-order valence-corrected chi connectivity index (χ0v) is 17.8. The van der Waals surface area contributed by atoms with Crippen LogP contribution < -0.4 is 0 Å². The number of aromatic carboxylic acids is 1. The van der Waals surface area contributed by atoms with Gasteiger partial charge in [0.25, 0.3) is 0 Å². The van der Waals surface area contributed by atoms with Crippen LogP contribution in [0.1, 0.15) is 73.7 Å². The number of hydrogen-bond acceptors (Lipinski definition) is 4. The van der Waals surface area contributed by atoms with Gasteiger partial charge in [0.2, 0.25) is 5.91 Å². The standard InChI is InChI=1S/C24H34N2O4/c27-21(24(12-2-13-24)17-19-4-5-19)3-1-14-25-15-11-22(28)26(25)16-10-18-6-8-20(9-7-18)23(29)30/h6-9,19,21,27H,1-5,10-17H2,(H,29,30). The molecule has 6 nitrogen and oxygen atoms in total. The van der Waals surface area contributed by atoms with E-state index < -0.39 is 5.97 Å². The molecule has 1 aromatic carbocycles. The van der Waals surface area contributed by atoms with Gasteiger partial charge in [0, 0.05) is 26.1 Å². The molecule has 2 aliphatic carbocycles. The third kappa shape index (κ3) is 4.86. The Labute approximate surface area is 178 Å². The molecule has 0 radical (unpaired) electrons. The molecule has 0 aromatic heterocycles. The first-order valence-corrected chi connectivity index (χ1v) is 11.5. The molecule has 0 spiro atoms. The van der Waals surface area contributed by atoms with Gasteiger partial charge in [-0.05, 0) is 67.6 Å². The number of carbonyl (C=O) groups excluding carboxylic acids is 1. The van der Waals surface area contributed by atoms with Gasteiger partial charge in [-0.25, -0.2) is 9.80 Å². The number of hydrogen-bond donors (Lipinski definition) is 2. The highest BCUT2D eigenvalue weighted by atomic mass is 16.4. The van der Waals surface area contributed by atoms with E-state index >= 15 is 0 Å². The highest BCUT2D eigenvalue weighted by molar-refractivity contribution is 5.87. The minimum Gasteiger partial charge on any atom is -0.478 e. The van der Waals surface area contributed by atoms with Gasteiger partial charge in [-0.15, -0.1) is 0 Å². The molecule has 3 fully saturated rings. The summed E-state index contributed by atoms with van der Waals surface area (Å²) in [5.74, 6) is 0.0866. The van der Waals surface area contributed by atoms with Gasteiger partial charge < -0.3 is 10.2 Å². The van der Waals surface area contributed by atoms with Crippen LogP contribution in [0.3, 0.4) is 0 Å². The number of hydrazine groups is 1. The summed E-state index contributed by atoms with van der Waals surface area (Å²) in [6, 6.07) is 6.87. The Morgan fingerprint density at radius 3 is 2.50 bits per heavy atom. The van der Waals surface area contributed by atoms with E-state index in [0.29, 0.717) is 19.4 Å². The fourth-order valence-corrected chi connectivity index (χ4v) is 5.15. The first-order valence-electron chi connectivity index (χ1n) is 11.5. The molecule has 2 N–H and O–H groups in total. The molecule has 2 saturated carbocycles. The molecule has 1 heterocycles. The largest absolute Gasteiger partial charge is 0.478 e. The third-order valence-electron chi connectivity index (χ3n) is 7.37. The summed E-state index contributed by atoms with van der Waals surface area (Å²) >= 11 is 0. The lowest BCUT2D eigenvalue weighted by atomic mass is 9.61. The van der Waals surface area contributed by atoms with Crippen LogP contribution in [0.2, 0.25) is 0 Å². The van der Waals surface area contributed by atoms with E-state index in [9.17, 15) is 14.7 Å². The number of rotatable bonds is 11. The first-order chi connectivity index (χ1) is 14.5. The highest BCUT2D eigenvalue weighted by Gasteiger charge is 2.46. The van der Waals surface area contributed by atoms with Gasteiger partial charge >= 0.3 is 5.97 Å². The zero-order chi connectivity index (χ0) is 21.1. The summed E-state index contributed by atoms with van der Waals surface area (Å²) in [5.41, 5.74) is 1.49. The predicted molar refractivity (Wildman–Crippen MR) is 114 cm³/mol. The molecule has 1 amide bonds. The maximum absolute atomic E-state index is 12.3. The normalized spacial score (nSPS) is 22.2. The molecule has 30 heavy (non-hydrogen) atoms. The molecule has 164 valence electrons. The fourth-order valence-electron chi connectivity index (χ4n) is 5.15. The van der Waals surface area contributed by atoms with Crippen LogP contribution in [0.15, 0.2) is 24.3 Å². The maximum atomic E-state index is 12.3. The van der Waals surface area contributed by atoms with Gasteiger partial charge in [-0.1, -0.05) is 31.4 Å². The summed E-state index contributed by atoms with van der Waals surface area (Å²) in [6.07, 6.45) is 10.3. The Morgan fingerprint density at radius 2 is 1.90 bits per heavy atom. The van der Waals surface area contributed by atoms with Crippen molar-refractivity contribution in [2.45, 2.75) is 70.3 Å². The average Bonchev–Trinajstić information content (AvgIpc) is 3.46. The first kappa shape index (κ1) is 21.3. The van der Waals surface area contributed by atoms with Crippen molar-refractivity contribution in [3.8, 4) is 0 Å². The lowest BCUT2D eigenvalue weighted by Gasteiger charge is -2.46. The number of aliphatic hydroxyl groups excluding tert-OH is 1. The van der Waals surface area contributed by atoms with Crippen LogP contribution in [-0.2, 0) is 11.2 Å². The van der Waals surface area contributed by atoms with Crippen LogP contribution >= 0.6 is 0 Å². The Kier molecular flexibility index (Phi) is 6.44. The van der Waals surface area contributed by atoms with Crippen molar-refractivity contribution in [1.29, 1.82) is 0 Å². The van der Waals surface area contributed by atoms with E-state index in [-0.39, 0.29) is 23.0 Å². The zero-order valence-electron chi connectivity index (χ0n) is 17.8. The average molecular weight is 415 g/mol.